The second-order valence-electron chi connectivity index (χ2n) is 4.69. The van der Waals surface area contributed by atoms with Crippen LogP contribution in [0.15, 0.2) is 11.3 Å². The lowest BCUT2D eigenvalue weighted by atomic mass is 10.1. The number of rotatable bonds is 4. The molecule has 0 bridgehead atoms. The second-order valence-corrected chi connectivity index (χ2v) is 5.05. The molecule has 0 aromatic carbocycles. The highest BCUT2D eigenvalue weighted by atomic mass is 35.5. The Morgan fingerprint density at radius 1 is 1.23 bits per heavy atom. The molecule has 116 valence electrons. The average Bonchev–Trinajstić information content (AvgIpc) is 2.48. The first-order chi connectivity index (χ1) is 10.4. The number of nitrogens with zero attached hydrogens (tertiary/aromatic N) is 4. The molecule has 8 heteroatoms. The number of anilines is 1. The predicted octanol–water partition coefficient (Wildman–Crippen LogP) is 2.09. The lowest BCUT2D eigenvalue weighted by Gasteiger charge is -2.08. The molecule has 0 unspecified atom stereocenters. The van der Waals surface area contributed by atoms with Crippen LogP contribution in [-0.4, -0.2) is 31.4 Å². The van der Waals surface area contributed by atoms with Crippen LogP contribution in [0.1, 0.15) is 28.2 Å². The Hall–Kier alpha value is -2.25. The van der Waals surface area contributed by atoms with E-state index in [9.17, 15) is 10.2 Å². The maximum Gasteiger partial charge on any atom is 0.184 e. The summed E-state index contributed by atoms with van der Waals surface area (Å²) in [5.41, 5.74) is 5.45. The van der Waals surface area contributed by atoms with E-state index >= 15 is 0 Å². The molecule has 0 aliphatic heterocycles. The molecule has 0 saturated carbocycles. The zero-order valence-electron chi connectivity index (χ0n) is 12.4. The fourth-order valence-electron chi connectivity index (χ4n) is 1.73. The molecule has 2 heterocycles. The number of hydrogen-bond donors (Lipinski definition) is 3. The van der Waals surface area contributed by atoms with Crippen LogP contribution in [0.4, 0.5) is 5.82 Å². The summed E-state index contributed by atoms with van der Waals surface area (Å²) in [5, 5.41) is 23.5. The molecular weight excluding hydrogens is 306 g/mol. The number of halogens is 1. The van der Waals surface area contributed by atoms with Crippen molar-refractivity contribution in [3.8, 4) is 5.75 Å². The first kappa shape index (κ1) is 16.1. The SMILES string of the molecule is Cc1nc(Cl)c(N/N=C/c2c(CO)cnc(C)c2O)nc1C. The quantitative estimate of drug-likeness (QED) is 0.588. The van der Waals surface area contributed by atoms with Crippen molar-refractivity contribution in [2.75, 3.05) is 5.43 Å². The van der Waals surface area contributed by atoms with Gasteiger partial charge in [-0.1, -0.05) is 11.6 Å². The zero-order chi connectivity index (χ0) is 16.3. The lowest BCUT2D eigenvalue weighted by molar-refractivity contribution is 0.280. The van der Waals surface area contributed by atoms with Gasteiger partial charge in [0.1, 0.15) is 5.75 Å². The van der Waals surface area contributed by atoms with Crippen LogP contribution in [-0.2, 0) is 6.61 Å². The van der Waals surface area contributed by atoms with E-state index in [0.29, 0.717) is 22.6 Å². The Morgan fingerprint density at radius 2 is 1.91 bits per heavy atom. The minimum absolute atomic E-state index is 0.0330. The normalized spacial score (nSPS) is 11.1. The summed E-state index contributed by atoms with van der Waals surface area (Å²) in [6, 6.07) is 0. The molecule has 0 amide bonds. The number of aromatic hydroxyl groups is 1. The minimum atomic E-state index is -0.258. The van der Waals surface area contributed by atoms with E-state index in [1.165, 1.54) is 12.4 Å². The number of nitrogens with one attached hydrogen (secondary N) is 1. The van der Waals surface area contributed by atoms with Crippen LogP contribution in [0, 0.1) is 20.8 Å². The van der Waals surface area contributed by atoms with Crippen LogP contribution in [0.25, 0.3) is 0 Å². The van der Waals surface area contributed by atoms with Crippen molar-refractivity contribution in [1.29, 1.82) is 0 Å². The molecule has 7 nitrogen and oxygen atoms in total. The molecule has 0 radical (unpaired) electrons. The van der Waals surface area contributed by atoms with Gasteiger partial charge in [-0.25, -0.2) is 9.97 Å². The van der Waals surface area contributed by atoms with Crippen LogP contribution in [0.2, 0.25) is 5.15 Å². The Morgan fingerprint density at radius 3 is 2.59 bits per heavy atom. The van der Waals surface area contributed by atoms with Gasteiger partial charge < -0.3 is 10.2 Å². The standard InChI is InChI=1S/C14H16ClN5O2/c1-7-8(2)19-14(13(15)18-7)20-17-5-11-10(6-21)4-16-9(3)12(11)22/h4-5,21-22H,6H2,1-3H3,(H,19,20)/b17-5+. The molecule has 22 heavy (non-hydrogen) atoms. The van der Waals surface area contributed by atoms with Gasteiger partial charge in [0.05, 0.1) is 29.9 Å². The Bertz CT molecular complexity index is 734. The summed E-state index contributed by atoms with van der Waals surface area (Å²) in [4.78, 5) is 12.4. The smallest absolute Gasteiger partial charge is 0.184 e. The van der Waals surface area contributed by atoms with Gasteiger partial charge in [0, 0.05) is 17.3 Å². The second kappa shape index (κ2) is 6.67. The fourth-order valence-corrected chi connectivity index (χ4v) is 1.94. The number of pyridine rings is 1. The predicted molar refractivity (Wildman–Crippen MR) is 84.3 cm³/mol. The molecular formula is C14H16ClN5O2. The number of hydrazone groups is 1. The van der Waals surface area contributed by atoms with Crippen molar-refractivity contribution in [1.82, 2.24) is 15.0 Å². The van der Waals surface area contributed by atoms with Crippen molar-refractivity contribution in [3.05, 3.63) is 39.6 Å². The van der Waals surface area contributed by atoms with Crippen molar-refractivity contribution in [2.24, 2.45) is 5.10 Å². The first-order valence-corrected chi connectivity index (χ1v) is 6.90. The van der Waals surface area contributed by atoms with E-state index in [-0.39, 0.29) is 17.5 Å². The van der Waals surface area contributed by atoms with Crippen LogP contribution >= 0.6 is 11.6 Å². The van der Waals surface area contributed by atoms with Crippen molar-refractivity contribution in [3.63, 3.8) is 0 Å². The van der Waals surface area contributed by atoms with Crippen molar-refractivity contribution >= 4 is 23.6 Å². The molecule has 2 aromatic heterocycles. The van der Waals surface area contributed by atoms with Gasteiger partial charge in [-0.2, -0.15) is 5.10 Å². The topological polar surface area (TPSA) is 104 Å². The third-order valence-electron chi connectivity index (χ3n) is 3.16. The van der Waals surface area contributed by atoms with Crippen molar-refractivity contribution in [2.45, 2.75) is 27.4 Å². The fraction of sp³-hybridized carbons (Fsp3) is 0.286. The molecule has 0 saturated heterocycles. The van der Waals surface area contributed by atoms with E-state index in [1.54, 1.807) is 6.92 Å². The number of aliphatic hydroxyl groups is 1. The van der Waals surface area contributed by atoms with E-state index in [2.05, 4.69) is 25.5 Å². The molecule has 0 spiro atoms. The van der Waals surface area contributed by atoms with Gasteiger partial charge in [-0.15, -0.1) is 0 Å². The maximum absolute atomic E-state index is 10.00. The summed E-state index contributed by atoms with van der Waals surface area (Å²) in [7, 11) is 0. The summed E-state index contributed by atoms with van der Waals surface area (Å²) < 4.78 is 0. The molecule has 2 rings (SSSR count). The maximum atomic E-state index is 10.00. The number of aryl methyl sites for hydroxylation is 3. The van der Waals surface area contributed by atoms with Gasteiger partial charge in [-0.3, -0.25) is 10.4 Å². The molecule has 0 fully saturated rings. The highest BCUT2D eigenvalue weighted by Gasteiger charge is 2.10. The lowest BCUT2D eigenvalue weighted by Crippen LogP contribution is -2.02. The monoisotopic (exact) mass is 321 g/mol. The highest BCUT2D eigenvalue weighted by Crippen LogP contribution is 2.22. The van der Waals surface area contributed by atoms with E-state index in [1.807, 2.05) is 13.8 Å². The third kappa shape index (κ3) is 3.32. The van der Waals surface area contributed by atoms with Gasteiger partial charge >= 0.3 is 0 Å². The largest absolute Gasteiger partial charge is 0.505 e. The van der Waals surface area contributed by atoms with E-state index < -0.39 is 0 Å². The molecule has 0 aliphatic rings. The number of aliphatic hydroxyl groups excluding tert-OH is 1. The summed E-state index contributed by atoms with van der Waals surface area (Å²) in [6.07, 6.45) is 2.86. The summed E-state index contributed by atoms with van der Waals surface area (Å²) in [6.45, 7) is 5.03. The van der Waals surface area contributed by atoms with Gasteiger partial charge in [0.15, 0.2) is 11.0 Å². The Kier molecular flexibility index (Phi) is 4.89. The van der Waals surface area contributed by atoms with Crippen LogP contribution in [0.3, 0.4) is 0 Å². The average molecular weight is 322 g/mol. The van der Waals surface area contributed by atoms with Gasteiger partial charge in [-0.05, 0) is 20.8 Å². The summed E-state index contributed by atoms with van der Waals surface area (Å²) in [5.74, 6) is 0.284. The van der Waals surface area contributed by atoms with Crippen LogP contribution < -0.4 is 5.43 Å². The molecule has 2 aromatic rings. The van der Waals surface area contributed by atoms with Gasteiger partial charge in [0.25, 0.3) is 0 Å². The minimum Gasteiger partial charge on any atom is -0.505 e. The van der Waals surface area contributed by atoms with E-state index in [4.69, 9.17) is 11.6 Å². The van der Waals surface area contributed by atoms with E-state index in [0.717, 1.165) is 11.4 Å². The third-order valence-corrected chi connectivity index (χ3v) is 3.42. The van der Waals surface area contributed by atoms with Gasteiger partial charge in [0.2, 0.25) is 0 Å². The molecule has 0 atom stereocenters. The number of hydrogen-bond acceptors (Lipinski definition) is 7. The van der Waals surface area contributed by atoms with Crippen molar-refractivity contribution < 1.29 is 10.2 Å². The van der Waals surface area contributed by atoms with Crippen LogP contribution in [0.5, 0.6) is 5.75 Å². The zero-order valence-corrected chi connectivity index (χ0v) is 13.2. The Labute approximate surface area is 132 Å². The first-order valence-electron chi connectivity index (χ1n) is 6.52. The Balaban J connectivity index is 2.27. The number of aromatic nitrogens is 3. The summed E-state index contributed by atoms with van der Waals surface area (Å²) >= 11 is 5.99. The molecule has 3 N–H and O–H groups in total. The molecule has 0 aliphatic carbocycles. The highest BCUT2D eigenvalue weighted by molar-refractivity contribution is 6.31.